The van der Waals surface area contributed by atoms with Crippen molar-refractivity contribution in [2.75, 3.05) is 45.9 Å². The third-order valence-electron chi connectivity index (χ3n) is 6.51. The second-order valence-corrected chi connectivity index (χ2v) is 10.6. The maximum atomic E-state index is 13.2. The molecule has 2 fully saturated rings. The highest BCUT2D eigenvalue weighted by atomic mass is 32.2. The topological polar surface area (TPSA) is 103 Å². The van der Waals surface area contributed by atoms with E-state index in [2.05, 4.69) is 10.2 Å². The van der Waals surface area contributed by atoms with Crippen LogP contribution in [-0.2, 0) is 19.6 Å². The van der Waals surface area contributed by atoms with Crippen molar-refractivity contribution in [1.82, 2.24) is 14.5 Å². The highest BCUT2D eigenvalue weighted by Crippen LogP contribution is 2.26. The Kier molecular flexibility index (Phi) is 7.95. The van der Waals surface area contributed by atoms with Gasteiger partial charge >= 0.3 is 0 Å². The monoisotopic (exact) mass is 482 g/mol. The molecule has 9 heteroatoms. The van der Waals surface area contributed by atoms with Crippen LogP contribution in [0.2, 0.25) is 0 Å². The van der Waals surface area contributed by atoms with E-state index in [1.54, 1.807) is 12.1 Å². The Bertz CT molecular complexity index is 1120. The fourth-order valence-corrected chi connectivity index (χ4v) is 6.14. The van der Waals surface area contributed by atoms with Crippen molar-refractivity contribution >= 4 is 15.9 Å². The highest BCUT2D eigenvalue weighted by Gasteiger charge is 2.34. The number of nitriles is 1. The molecule has 4 rings (SSSR count). The molecule has 180 valence electrons. The van der Waals surface area contributed by atoms with Crippen LogP contribution in [0.4, 0.5) is 0 Å². The maximum Gasteiger partial charge on any atom is 0.244 e. The van der Waals surface area contributed by atoms with Gasteiger partial charge in [-0.1, -0.05) is 42.5 Å². The molecule has 2 aromatic carbocycles. The van der Waals surface area contributed by atoms with Crippen molar-refractivity contribution in [3.63, 3.8) is 0 Å². The molecule has 8 nitrogen and oxygen atoms in total. The van der Waals surface area contributed by atoms with Gasteiger partial charge in [-0.2, -0.15) is 9.57 Å². The van der Waals surface area contributed by atoms with Crippen LogP contribution in [0.1, 0.15) is 30.0 Å². The number of nitrogens with one attached hydrogen (secondary N) is 1. The summed E-state index contributed by atoms with van der Waals surface area (Å²) < 4.78 is 33.0. The van der Waals surface area contributed by atoms with E-state index in [0.717, 1.165) is 18.7 Å². The summed E-state index contributed by atoms with van der Waals surface area (Å²) in [7, 11) is -3.78. The summed E-state index contributed by atoms with van der Waals surface area (Å²) in [4.78, 5) is 15.5. The number of morpholine rings is 1. The van der Waals surface area contributed by atoms with Crippen molar-refractivity contribution < 1.29 is 17.9 Å². The van der Waals surface area contributed by atoms with E-state index in [0.29, 0.717) is 32.6 Å². The molecule has 0 saturated carbocycles. The molecule has 0 aromatic heterocycles. The van der Waals surface area contributed by atoms with E-state index in [-0.39, 0.29) is 41.4 Å². The molecule has 2 aromatic rings. The fraction of sp³-hybridized carbons (Fsp3) is 0.440. The Hall–Kier alpha value is -2.77. The molecule has 1 amide bonds. The largest absolute Gasteiger partial charge is 0.379 e. The average molecular weight is 483 g/mol. The van der Waals surface area contributed by atoms with Crippen LogP contribution in [0, 0.1) is 17.2 Å². The first-order chi connectivity index (χ1) is 16.5. The standard InChI is InChI=1S/C25H30N4O4S/c26-18-22-8-4-5-9-24(22)34(31,32)29-12-10-21(11-13-29)25(30)27-23(20-6-2-1-3-7-20)19-28-14-16-33-17-15-28/h1-9,21,23H,10-17,19H2,(H,27,30)/t23-/m1/s1. The van der Waals surface area contributed by atoms with Crippen molar-refractivity contribution in [2.45, 2.75) is 23.8 Å². The molecule has 0 aliphatic carbocycles. The first kappa shape index (κ1) is 24.4. The van der Waals surface area contributed by atoms with Crippen molar-refractivity contribution in [3.8, 4) is 6.07 Å². The van der Waals surface area contributed by atoms with Gasteiger partial charge in [-0.3, -0.25) is 9.69 Å². The summed E-state index contributed by atoms with van der Waals surface area (Å²) in [5, 5.41) is 12.5. The van der Waals surface area contributed by atoms with Gasteiger partial charge in [0.25, 0.3) is 0 Å². The van der Waals surface area contributed by atoms with Crippen LogP contribution in [-0.4, -0.2) is 69.5 Å². The van der Waals surface area contributed by atoms with E-state index in [4.69, 9.17) is 4.74 Å². The van der Waals surface area contributed by atoms with Crippen LogP contribution in [0.25, 0.3) is 0 Å². The second kappa shape index (κ2) is 11.1. The molecule has 34 heavy (non-hydrogen) atoms. The Morgan fingerprint density at radius 1 is 1.03 bits per heavy atom. The predicted molar refractivity (Wildman–Crippen MR) is 127 cm³/mol. The van der Waals surface area contributed by atoms with Gasteiger partial charge in [-0.15, -0.1) is 0 Å². The van der Waals surface area contributed by atoms with Gasteiger partial charge in [-0.25, -0.2) is 8.42 Å². The smallest absolute Gasteiger partial charge is 0.244 e. The van der Waals surface area contributed by atoms with Gasteiger partial charge < -0.3 is 10.1 Å². The second-order valence-electron chi connectivity index (χ2n) is 8.67. The molecule has 0 unspecified atom stereocenters. The predicted octanol–water partition coefficient (Wildman–Crippen LogP) is 2.15. The van der Waals surface area contributed by atoms with Gasteiger partial charge in [0.1, 0.15) is 6.07 Å². The minimum atomic E-state index is -3.78. The number of carbonyl (C=O) groups is 1. The first-order valence-electron chi connectivity index (χ1n) is 11.6. The molecular formula is C25H30N4O4S. The minimum Gasteiger partial charge on any atom is -0.379 e. The number of nitrogens with zero attached hydrogens (tertiary/aromatic N) is 3. The summed E-state index contributed by atoms with van der Waals surface area (Å²) in [6.45, 7) is 4.25. The molecule has 1 atom stereocenters. The fourth-order valence-electron chi connectivity index (χ4n) is 4.53. The van der Waals surface area contributed by atoms with E-state index in [1.165, 1.54) is 16.4 Å². The third-order valence-corrected chi connectivity index (χ3v) is 8.47. The van der Waals surface area contributed by atoms with Crippen LogP contribution < -0.4 is 5.32 Å². The van der Waals surface area contributed by atoms with Crippen LogP contribution in [0.15, 0.2) is 59.5 Å². The van der Waals surface area contributed by atoms with Gasteiger partial charge in [0.05, 0.1) is 29.7 Å². The molecule has 2 heterocycles. The van der Waals surface area contributed by atoms with E-state index < -0.39 is 10.0 Å². The molecule has 1 N–H and O–H groups in total. The number of benzene rings is 2. The number of hydrogen-bond acceptors (Lipinski definition) is 6. The summed E-state index contributed by atoms with van der Waals surface area (Å²) in [5.41, 5.74) is 1.19. The number of piperidine rings is 1. The van der Waals surface area contributed by atoms with Gasteiger partial charge in [-0.05, 0) is 30.5 Å². The number of sulfonamides is 1. The summed E-state index contributed by atoms with van der Waals surface area (Å²) >= 11 is 0. The highest BCUT2D eigenvalue weighted by molar-refractivity contribution is 7.89. The Morgan fingerprint density at radius 3 is 2.35 bits per heavy atom. The van der Waals surface area contributed by atoms with Crippen LogP contribution in [0.5, 0.6) is 0 Å². The normalized spacial score (nSPS) is 19.3. The van der Waals surface area contributed by atoms with E-state index >= 15 is 0 Å². The number of rotatable bonds is 7. The SMILES string of the molecule is N#Cc1ccccc1S(=O)(=O)N1CCC(C(=O)N[C@H](CN2CCOCC2)c2ccccc2)CC1. The minimum absolute atomic E-state index is 0.0232. The number of hydrogen-bond donors (Lipinski definition) is 1. The Morgan fingerprint density at radius 2 is 1.68 bits per heavy atom. The molecule has 0 spiro atoms. The number of carbonyl (C=O) groups excluding carboxylic acids is 1. The first-order valence-corrected chi connectivity index (χ1v) is 13.1. The zero-order valence-corrected chi connectivity index (χ0v) is 19.9. The summed E-state index contributed by atoms with van der Waals surface area (Å²) in [6.07, 6.45) is 0.887. The van der Waals surface area contributed by atoms with Gasteiger partial charge in [0.15, 0.2) is 0 Å². The van der Waals surface area contributed by atoms with E-state index in [1.807, 2.05) is 36.4 Å². The lowest BCUT2D eigenvalue weighted by Gasteiger charge is -2.34. The summed E-state index contributed by atoms with van der Waals surface area (Å²) in [6, 6.07) is 18.0. The molecule has 0 radical (unpaired) electrons. The lowest BCUT2D eigenvalue weighted by molar-refractivity contribution is -0.127. The average Bonchev–Trinajstić information content (AvgIpc) is 2.89. The molecule has 2 saturated heterocycles. The lowest BCUT2D eigenvalue weighted by atomic mass is 9.96. The zero-order valence-electron chi connectivity index (χ0n) is 19.1. The van der Waals surface area contributed by atoms with Crippen LogP contribution >= 0.6 is 0 Å². The quantitative estimate of drug-likeness (QED) is 0.649. The van der Waals surface area contributed by atoms with Crippen LogP contribution in [0.3, 0.4) is 0 Å². The molecule has 0 bridgehead atoms. The Balaban J connectivity index is 1.40. The molecular weight excluding hydrogens is 452 g/mol. The third kappa shape index (κ3) is 5.65. The van der Waals surface area contributed by atoms with Crippen molar-refractivity contribution in [1.29, 1.82) is 5.26 Å². The lowest BCUT2D eigenvalue weighted by Crippen LogP contribution is -2.46. The maximum absolute atomic E-state index is 13.2. The number of ether oxygens (including phenoxy) is 1. The van der Waals surface area contributed by atoms with Crippen molar-refractivity contribution in [2.24, 2.45) is 5.92 Å². The summed E-state index contributed by atoms with van der Waals surface area (Å²) in [5.74, 6) is -0.301. The Labute approximate surface area is 201 Å². The van der Waals surface area contributed by atoms with E-state index in [9.17, 15) is 18.5 Å². The zero-order chi connectivity index (χ0) is 24.0. The van der Waals surface area contributed by atoms with Crippen molar-refractivity contribution in [3.05, 3.63) is 65.7 Å². The van der Waals surface area contributed by atoms with Gasteiger partial charge in [0.2, 0.25) is 15.9 Å². The number of amides is 1. The molecule has 2 aliphatic heterocycles. The molecule has 2 aliphatic rings. The van der Waals surface area contributed by atoms with Gasteiger partial charge in [0, 0.05) is 38.6 Å².